The van der Waals surface area contributed by atoms with Gasteiger partial charge in [-0.2, -0.15) is 0 Å². The first kappa shape index (κ1) is 9.90. The molecular weight excluding hydrogens is 186 g/mol. The highest BCUT2D eigenvalue weighted by Crippen LogP contribution is 2.14. The third-order valence-corrected chi connectivity index (χ3v) is 2.44. The summed E-state index contributed by atoms with van der Waals surface area (Å²) in [6, 6.07) is 4.06. The fourth-order valence-electron chi connectivity index (χ4n) is 1.63. The van der Waals surface area contributed by atoms with E-state index < -0.39 is 0 Å². The molecule has 0 aliphatic rings. The molecule has 15 heavy (non-hydrogen) atoms. The van der Waals surface area contributed by atoms with Crippen LogP contribution < -0.4 is 0 Å². The van der Waals surface area contributed by atoms with Gasteiger partial charge < -0.3 is 4.57 Å². The Morgan fingerprint density at radius 1 is 1.20 bits per heavy atom. The van der Waals surface area contributed by atoms with Gasteiger partial charge in [-0.15, -0.1) is 0 Å². The normalized spacial score (nSPS) is 10.9. The molecule has 0 fully saturated rings. The lowest BCUT2D eigenvalue weighted by Gasteiger charge is -2.10. The lowest BCUT2D eigenvalue weighted by atomic mass is 10.1. The summed E-state index contributed by atoms with van der Waals surface area (Å²) >= 11 is 0. The molecule has 3 nitrogen and oxygen atoms in total. The molecule has 0 spiro atoms. The molecule has 2 aromatic heterocycles. The van der Waals surface area contributed by atoms with Crippen LogP contribution in [-0.2, 0) is 6.54 Å². The number of aromatic nitrogens is 3. The van der Waals surface area contributed by atoms with Gasteiger partial charge in [0.2, 0.25) is 0 Å². The lowest BCUT2D eigenvalue weighted by molar-refractivity contribution is 0.691. The highest BCUT2D eigenvalue weighted by atomic mass is 15.0. The van der Waals surface area contributed by atoms with Crippen LogP contribution >= 0.6 is 0 Å². The van der Waals surface area contributed by atoms with Gasteiger partial charge in [-0.3, -0.25) is 4.98 Å². The van der Waals surface area contributed by atoms with E-state index in [-0.39, 0.29) is 0 Å². The van der Waals surface area contributed by atoms with Crippen molar-refractivity contribution in [3.63, 3.8) is 0 Å². The Morgan fingerprint density at radius 2 is 1.93 bits per heavy atom. The van der Waals surface area contributed by atoms with Crippen LogP contribution in [0.4, 0.5) is 0 Å². The first-order valence-electron chi connectivity index (χ1n) is 5.16. The van der Waals surface area contributed by atoms with Crippen LogP contribution in [0, 0.1) is 0 Å². The number of hydrogen-bond donors (Lipinski definition) is 0. The maximum absolute atomic E-state index is 4.19. The molecule has 0 atom stereocenters. The second-order valence-electron chi connectivity index (χ2n) is 3.96. The summed E-state index contributed by atoms with van der Waals surface area (Å²) in [6.07, 6.45) is 7.46. The topological polar surface area (TPSA) is 30.7 Å². The second-order valence-corrected chi connectivity index (χ2v) is 3.96. The minimum absolute atomic E-state index is 0.509. The largest absolute Gasteiger partial charge is 0.330 e. The van der Waals surface area contributed by atoms with Crippen molar-refractivity contribution in [1.82, 2.24) is 14.5 Å². The van der Waals surface area contributed by atoms with Gasteiger partial charge in [0.05, 0.1) is 6.33 Å². The van der Waals surface area contributed by atoms with Crippen molar-refractivity contribution in [2.24, 2.45) is 0 Å². The molecule has 0 aliphatic carbocycles. The summed E-state index contributed by atoms with van der Waals surface area (Å²) in [6.45, 7) is 5.23. The molecular formula is C12H15N3. The Hall–Kier alpha value is -1.64. The van der Waals surface area contributed by atoms with Gasteiger partial charge in [-0.05, 0) is 23.6 Å². The molecule has 2 heterocycles. The summed E-state index contributed by atoms with van der Waals surface area (Å²) in [4.78, 5) is 8.19. The van der Waals surface area contributed by atoms with E-state index in [9.17, 15) is 0 Å². The average Bonchev–Trinajstić information content (AvgIpc) is 2.67. The van der Waals surface area contributed by atoms with Crippen LogP contribution in [0.15, 0.2) is 37.1 Å². The molecule has 0 aliphatic heterocycles. The molecule has 78 valence electrons. The van der Waals surface area contributed by atoms with Gasteiger partial charge in [0, 0.05) is 30.8 Å². The molecule has 0 amide bonds. The van der Waals surface area contributed by atoms with Gasteiger partial charge >= 0.3 is 0 Å². The average molecular weight is 201 g/mol. The summed E-state index contributed by atoms with van der Waals surface area (Å²) in [5.74, 6) is 0.509. The van der Waals surface area contributed by atoms with Crippen molar-refractivity contribution >= 4 is 0 Å². The number of nitrogens with zero attached hydrogens (tertiary/aromatic N) is 3. The number of pyridine rings is 1. The Kier molecular flexibility index (Phi) is 2.81. The predicted molar refractivity (Wildman–Crippen MR) is 59.7 cm³/mol. The van der Waals surface area contributed by atoms with Crippen molar-refractivity contribution in [1.29, 1.82) is 0 Å². The van der Waals surface area contributed by atoms with Crippen LogP contribution in [-0.4, -0.2) is 14.5 Å². The molecule has 0 unspecified atom stereocenters. The molecule has 2 aromatic rings. The van der Waals surface area contributed by atoms with E-state index in [2.05, 4.69) is 28.4 Å². The molecule has 3 heteroatoms. The van der Waals surface area contributed by atoms with Crippen molar-refractivity contribution in [3.8, 4) is 0 Å². The van der Waals surface area contributed by atoms with Gasteiger partial charge in [-0.1, -0.05) is 13.8 Å². The fourth-order valence-corrected chi connectivity index (χ4v) is 1.63. The molecule has 0 saturated carbocycles. The van der Waals surface area contributed by atoms with E-state index in [1.54, 1.807) is 0 Å². The van der Waals surface area contributed by atoms with Crippen molar-refractivity contribution < 1.29 is 0 Å². The molecule has 0 saturated heterocycles. The lowest BCUT2D eigenvalue weighted by Crippen LogP contribution is -2.04. The monoisotopic (exact) mass is 201 g/mol. The second kappa shape index (κ2) is 4.26. The van der Waals surface area contributed by atoms with Gasteiger partial charge in [0.15, 0.2) is 0 Å². The zero-order chi connectivity index (χ0) is 10.7. The van der Waals surface area contributed by atoms with Crippen LogP contribution in [0.2, 0.25) is 0 Å². The van der Waals surface area contributed by atoms with Crippen LogP contribution in [0.1, 0.15) is 31.0 Å². The Balaban J connectivity index is 2.21. The smallest absolute Gasteiger partial charge is 0.0951 e. The number of hydrogen-bond acceptors (Lipinski definition) is 2. The highest BCUT2D eigenvalue weighted by Gasteiger charge is 2.06. The SMILES string of the molecule is CC(C)c1cncn1Cc1ccncc1. The minimum atomic E-state index is 0.509. The standard InChI is InChI=1S/C12H15N3/c1-10(2)12-7-14-9-15(12)8-11-3-5-13-6-4-11/h3-7,9-10H,8H2,1-2H3. The number of imidazole rings is 1. The van der Waals surface area contributed by atoms with E-state index in [4.69, 9.17) is 0 Å². The quantitative estimate of drug-likeness (QED) is 0.763. The zero-order valence-corrected chi connectivity index (χ0v) is 9.09. The van der Waals surface area contributed by atoms with Gasteiger partial charge in [0.25, 0.3) is 0 Å². The summed E-state index contributed by atoms with van der Waals surface area (Å²) < 4.78 is 2.18. The Morgan fingerprint density at radius 3 is 2.60 bits per heavy atom. The molecule has 0 radical (unpaired) electrons. The minimum Gasteiger partial charge on any atom is -0.330 e. The zero-order valence-electron chi connectivity index (χ0n) is 9.09. The maximum atomic E-state index is 4.19. The van der Waals surface area contributed by atoms with Gasteiger partial charge in [0.1, 0.15) is 0 Å². The van der Waals surface area contributed by atoms with Crippen LogP contribution in [0.5, 0.6) is 0 Å². The summed E-state index contributed by atoms with van der Waals surface area (Å²) in [7, 11) is 0. The summed E-state index contributed by atoms with van der Waals surface area (Å²) in [5.41, 5.74) is 2.52. The summed E-state index contributed by atoms with van der Waals surface area (Å²) in [5, 5.41) is 0. The van der Waals surface area contributed by atoms with E-state index in [1.165, 1.54) is 11.3 Å². The van der Waals surface area contributed by atoms with E-state index in [1.807, 2.05) is 37.1 Å². The first-order chi connectivity index (χ1) is 7.27. The van der Waals surface area contributed by atoms with Crippen molar-refractivity contribution in [3.05, 3.63) is 48.3 Å². The van der Waals surface area contributed by atoms with E-state index in [0.29, 0.717) is 5.92 Å². The predicted octanol–water partition coefficient (Wildman–Crippen LogP) is 2.45. The van der Waals surface area contributed by atoms with Crippen LogP contribution in [0.3, 0.4) is 0 Å². The molecule has 0 aromatic carbocycles. The fraction of sp³-hybridized carbons (Fsp3) is 0.333. The number of rotatable bonds is 3. The van der Waals surface area contributed by atoms with E-state index in [0.717, 1.165) is 6.54 Å². The van der Waals surface area contributed by atoms with E-state index >= 15 is 0 Å². The van der Waals surface area contributed by atoms with Gasteiger partial charge in [-0.25, -0.2) is 4.98 Å². The molecule has 0 N–H and O–H groups in total. The first-order valence-corrected chi connectivity index (χ1v) is 5.16. The Bertz CT molecular complexity index is 417. The highest BCUT2D eigenvalue weighted by molar-refractivity contribution is 5.13. The molecule has 0 bridgehead atoms. The molecule has 2 rings (SSSR count). The third-order valence-electron chi connectivity index (χ3n) is 2.44. The van der Waals surface area contributed by atoms with Crippen molar-refractivity contribution in [2.45, 2.75) is 26.3 Å². The third kappa shape index (κ3) is 2.24. The van der Waals surface area contributed by atoms with Crippen LogP contribution in [0.25, 0.3) is 0 Å². The maximum Gasteiger partial charge on any atom is 0.0951 e. The van der Waals surface area contributed by atoms with Crippen molar-refractivity contribution in [2.75, 3.05) is 0 Å². The Labute approximate surface area is 89.8 Å².